The summed E-state index contributed by atoms with van der Waals surface area (Å²) in [6.45, 7) is 7.03. The molecule has 0 aliphatic heterocycles. The highest BCUT2D eigenvalue weighted by atomic mass is 14.1. The van der Waals surface area contributed by atoms with Crippen molar-refractivity contribution in [3.05, 3.63) is 0 Å². The minimum atomic E-state index is 1.02. The van der Waals surface area contributed by atoms with Crippen molar-refractivity contribution in [3.8, 4) is 0 Å². The molecule has 182 valence electrons. The molecule has 0 saturated heterocycles. The van der Waals surface area contributed by atoms with E-state index in [4.69, 9.17) is 0 Å². The molecule has 0 spiro atoms. The zero-order valence-corrected chi connectivity index (χ0v) is 22.0. The summed E-state index contributed by atoms with van der Waals surface area (Å²) < 4.78 is 0. The van der Waals surface area contributed by atoms with E-state index in [1.54, 1.807) is 0 Å². The Hall–Kier alpha value is 0. The standard InChI is InChI=1S/C30H62/c1-4-7-9-11-13-15-16-17-18-19-21-23-25-27-29-30(6-3)28-26-24-22-20-14-12-10-8-5-2/h30H,4-29H2,1-3H3. The predicted molar refractivity (Wildman–Crippen MR) is 141 cm³/mol. The molecule has 0 saturated carbocycles. The second kappa shape index (κ2) is 27.0. The van der Waals surface area contributed by atoms with Crippen LogP contribution in [0.2, 0.25) is 0 Å². The van der Waals surface area contributed by atoms with Gasteiger partial charge in [-0.3, -0.25) is 0 Å². The van der Waals surface area contributed by atoms with Crippen LogP contribution in [0.1, 0.15) is 188 Å². The maximum atomic E-state index is 2.42. The Bertz CT molecular complexity index is 282. The monoisotopic (exact) mass is 422 g/mol. The molecule has 0 rings (SSSR count). The molecule has 0 amide bonds. The molecule has 0 N–H and O–H groups in total. The lowest BCUT2D eigenvalue weighted by atomic mass is 9.92. The van der Waals surface area contributed by atoms with Crippen LogP contribution in [-0.4, -0.2) is 0 Å². The van der Waals surface area contributed by atoms with Crippen LogP contribution in [0.25, 0.3) is 0 Å². The summed E-state index contributed by atoms with van der Waals surface area (Å²) in [5.74, 6) is 1.02. The van der Waals surface area contributed by atoms with Crippen LogP contribution in [0.15, 0.2) is 0 Å². The summed E-state index contributed by atoms with van der Waals surface area (Å²) in [7, 11) is 0. The van der Waals surface area contributed by atoms with Gasteiger partial charge in [-0.15, -0.1) is 0 Å². The van der Waals surface area contributed by atoms with Crippen LogP contribution in [0.5, 0.6) is 0 Å². The van der Waals surface area contributed by atoms with E-state index in [1.165, 1.54) is 167 Å². The van der Waals surface area contributed by atoms with Gasteiger partial charge in [0.15, 0.2) is 0 Å². The van der Waals surface area contributed by atoms with Crippen molar-refractivity contribution >= 4 is 0 Å². The second-order valence-electron chi connectivity index (χ2n) is 10.3. The average Bonchev–Trinajstić information content (AvgIpc) is 2.76. The van der Waals surface area contributed by atoms with Gasteiger partial charge in [-0.25, -0.2) is 0 Å². The molecule has 1 unspecified atom stereocenters. The highest BCUT2D eigenvalue weighted by Crippen LogP contribution is 2.22. The molecule has 0 nitrogen and oxygen atoms in total. The lowest BCUT2D eigenvalue weighted by Crippen LogP contribution is -1.99. The van der Waals surface area contributed by atoms with Gasteiger partial charge in [-0.05, 0) is 5.92 Å². The first-order valence-electron chi connectivity index (χ1n) is 14.8. The van der Waals surface area contributed by atoms with E-state index in [0.29, 0.717) is 0 Å². The number of rotatable bonds is 26. The van der Waals surface area contributed by atoms with E-state index in [0.717, 1.165) is 5.92 Å². The normalized spacial score (nSPS) is 12.5. The van der Waals surface area contributed by atoms with Gasteiger partial charge in [-0.2, -0.15) is 0 Å². The van der Waals surface area contributed by atoms with Crippen molar-refractivity contribution in [2.45, 2.75) is 188 Å². The van der Waals surface area contributed by atoms with Crippen molar-refractivity contribution in [3.63, 3.8) is 0 Å². The molecular formula is C30H62. The van der Waals surface area contributed by atoms with Gasteiger partial charge >= 0.3 is 0 Å². The van der Waals surface area contributed by atoms with Gasteiger partial charge < -0.3 is 0 Å². The van der Waals surface area contributed by atoms with E-state index in [2.05, 4.69) is 20.8 Å². The smallest absolute Gasteiger partial charge is 0.0417 e. The van der Waals surface area contributed by atoms with Crippen LogP contribution < -0.4 is 0 Å². The lowest BCUT2D eigenvalue weighted by Gasteiger charge is -2.14. The Balaban J connectivity index is 3.25. The molecule has 0 aliphatic rings. The van der Waals surface area contributed by atoms with E-state index in [1.807, 2.05) is 0 Å². The van der Waals surface area contributed by atoms with Crippen LogP contribution in [0.3, 0.4) is 0 Å². The Morgan fingerprint density at radius 3 is 0.767 bits per heavy atom. The molecule has 0 aromatic carbocycles. The first kappa shape index (κ1) is 30.0. The molecule has 0 aromatic rings. The third-order valence-corrected chi connectivity index (χ3v) is 7.26. The van der Waals surface area contributed by atoms with Crippen molar-refractivity contribution < 1.29 is 0 Å². The van der Waals surface area contributed by atoms with E-state index >= 15 is 0 Å². The largest absolute Gasteiger partial charge is 0.0654 e. The van der Waals surface area contributed by atoms with Crippen molar-refractivity contribution in [2.24, 2.45) is 5.92 Å². The SMILES string of the molecule is CCCCCCCCCCCCCCCCC(CC)CCCCCCCCCCC. The average molecular weight is 423 g/mol. The Labute approximate surface area is 193 Å². The number of hydrogen-bond acceptors (Lipinski definition) is 0. The van der Waals surface area contributed by atoms with Crippen molar-refractivity contribution in [1.82, 2.24) is 0 Å². The Kier molecular flexibility index (Phi) is 27.0. The van der Waals surface area contributed by atoms with Gasteiger partial charge in [-0.1, -0.05) is 188 Å². The summed E-state index contributed by atoms with van der Waals surface area (Å²) in [5, 5.41) is 0. The highest BCUT2D eigenvalue weighted by molar-refractivity contribution is 4.59. The zero-order chi connectivity index (χ0) is 22.0. The second-order valence-corrected chi connectivity index (χ2v) is 10.3. The molecule has 1 atom stereocenters. The molecule has 30 heavy (non-hydrogen) atoms. The summed E-state index contributed by atoms with van der Waals surface area (Å²) in [5.41, 5.74) is 0. The van der Waals surface area contributed by atoms with Crippen molar-refractivity contribution in [1.29, 1.82) is 0 Å². The fourth-order valence-electron chi connectivity index (χ4n) is 4.92. The van der Waals surface area contributed by atoms with Crippen LogP contribution in [-0.2, 0) is 0 Å². The Morgan fingerprint density at radius 2 is 0.533 bits per heavy atom. The topological polar surface area (TPSA) is 0 Å². The van der Waals surface area contributed by atoms with Crippen molar-refractivity contribution in [2.75, 3.05) is 0 Å². The summed E-state index contributed by atoms with van der Waals surface area (Å²) >= 11 is 0. The summed E-state index contributed by atoms with van der Waals surface area (Å²) in [6.07, 6.45) is 38.3. The summed E-state index contributed by atoms with van der Waals surface area (Å²) in [4.78, 5) is 0. The van der Waals surface area contributed by atoms with E-state index in [9.17, 15) is 0 Å². The molecule has 0 radical (unpaired) electrons. The maximum absolute atomic E-state index is 2.42. The molecular weight excluding hydrogens is 360 g/mol. The quantitative estimate of drug-likeness (QED) is 0.122. The van der Waals surface area contributed by atoms with Gasteiger partial charge in [0.25, 0.3) is 0 Å². The summed E-state index contributed by atoms with van der Waals surface area (Å²) in [6, 6.07) is 0. The molecule has 0 fully saturated rings. The van der Waals surface area contributed by atoms with E-state index < -0.39 is 0 Å². The molecule has 0 heterocycles. The number of unbranched alkanes of at least 4 members (excludes halogenated alkanes) is 21. The van der Waals surface area contributed by atoms with Gasteiger partial charge in [0, 0.05) is 0 Å². The number of hydrogen-bond donors (Lipinski definition) is 0. The Morgan fingerprint density at radius 1 is 0.300 bits per heavy atom. The van der Waals surface area contributed by atoms with Crippen LogP contribution >= 0.6 is 0 Å². The van der Waals surface area contributed by atoms with E-state index in [-0.39, 0.29) is 0 Å². The third kappa shape index (κ3) is 24.3. The first-order chi connectivity index (χ1) is 14.8. The molecule has 0 aliphatic carbocycles. The van der Waals surface area contributed by atoms with Gasteiger partial charge in [0.2, 0.25) is 0 Å². The molecule has 0 aromatic heterocycles. The third-order valence-electron chi connectivity index (χ3n) is 7.26. The lowest BCUT2D eigenvalue weighted by molar-refractivity contribution is 0.392. The first-order valence-corrected chi connectivity index (χ1v) is 14.8. The van der Waals surface area contributed by atoms with Crippen LogP contribution in [0, 0.1) is 5.92 Å². The van der Waals surface area contributed by atoms with Crippen LogP contribution in [0.4, 0.5) is 0 Å². The highest BCUT2D eigenvalue weighted by Gasteiger charge is 2.06. The van der Waals surface area contributed by atoms with Gasteiger partial charge in [0.05, 0.1) is 0 Å². The van der Waals surface area contributed by atoms with Gasteiger partial charge in [0.1, 0.15) is 0 Å². The maximum Gasteiger partial charge on any atom is -0.0417 e. The fraction of sp³-hybridized carbons (Fsp3) is 1.00. The fourth-order valence-corrected chi connectivity index (χ4v) is 4.92. The zero-order valence-electron chi connectivity index (χ0n) is 22.0. The minimum Gasteiger partial charge on any atom is -0.0654 e. The molecule has 0 heteroatoms. The predicted octanol–water partition coefficient (Wildman–Crippen LogP) is 11.8. The minimum absolute atomic E-state index is 1.02. The molecule has 0 bridgehead atoms.